The lowest BCUT2D eigenvalue weighted by molar-refractivity contribution is -0.186. The van der Waals surface area contributed by atoms with Crippen molar-refractivity contribution < 1.29 is 13.2 Å². The van der Waals surface area contributed by atoms with Crippen LogP contribution in [0.25, 0.3) is 0 Å². The molecule has 0 bridgehead atoms. The monoisotopic (exact) mass is 365 g/mol. The van der Waals surface area contributed by atoms with Gasteiger partial charge in [-0.3, -0.25) is 16.3 Å². The van der Waals surface area contributed by atoms with Crippen LogP contribution in [0.1, 0.15) is 31.2 Å². The van der Waals surface area contributed by atoms with Crippen LogP contribution in [-0.4, -0.2) is 17.2 Å². The van der Waals surface area contributed by atoms with Gasteiger partial charge in [0.2, 0.25) is 0 Å². The fourth-order valence-corrected chi connectivity index (χ4v) is 3.49. The number of nitrogens with zero attached hydrogens (tertiary/aromatic N) is 1. The van der Waals surface area contributed by atoms with Gasteiger partial charge in [-0.05, 0) is 59.2 Å². The zero-order valence-electron chi connectivity index (χ0n) is 11.5. The summed E-state index contributed by atoms with van der Waals surface area (Å²) in [4.78, 5) is 4.08. The first-order valence-electron chi connectivity index (χ1n) is 7.02. The third-order valence-corrected chi connectivity index (χ3v) is 4.61. The molecule has 0 aromatic carbocycles. The van der Waals surface area contributed by atoms with E-state index in [2.05, 4.69) is 26.3 Å². The molecule has 7 heteroatoms. The van der Waals surface area contributed by atoms with Gasteiger partial charge >= 0.3 is 6.18 Å². The van der Waals surface area contributed by atoms with E-state index in [0.29, 0.717) is 12.8 Å². The summed E-state index contributed by atoms with van der Waals surface area (Å²) in [6, 6.07) is 1.76. The van der Waals surface area contributed by atoms with E-state index in [1.54, 1.807) is 12.4 Å². The highest BCUT2D eigenvalue weighted by atomic mass is 79.9. The molecule has 0 spiro atoms. The van der Waals surface area contributed by atoms with Crippen molar-refractivity contribution in [2.45, 2.75) is 44.3 Å². The van der Waals surface area contributed by atoms with Gasteiger partial charge in [-0.25, -0.2) is 0 Å². The molecule has 2 rings (SSSR count). The van der Waals surface area contributed by atoms with Gasteiger partial charge in [-0.2, -0.15) is 13.2 Å². The maximum atomic E-state index is 12.9. The molecule has 3 unspecified atom stereocenters. The van der Waals surface area contributed by atoms with Crippen LogP contribution in [0.5, 0.6) is 0 Å². The quantitative estimate of drug-likeness (QED) is 0.633. The van der Waals surface area contributed by atoms with Crippen molar-refractivity contribution >= 4 is 15.9 Å². The summed E-state index contributed by atoms with van der Waals surface area (Å²) in [6.45, 7) is 0. The molecule has 1 aromatic heterocycles. The van der Waals surface area contributed by atoms with Crippen LogP contribution in [0.3, 0.4) is 0 Å². The molecular formula is C14H19BrF3N3. The van der Waals surface area contributed by atoms with Gasteiger partial charge in [-0.15, -0.1) is 0 Å². The van der Waals surface area contributed by atoms with Crippen molar-refractivity contribution in [2.24, 2.45) is 17.7 Å². The predicted octanol–water partition coefficient (Wildman–Crippen LogP) is 3.59. The van der Waals surface area contributed by atoms with Gasteiger partial charge in [0, 0.05) is 22.9 Å². The Morgan fingerprint density at radius 2 is 2.14 bits per heavy atom. The van der Waals surface area contributed by atoms with E-state index < -0.39 is 12.1 Å². The minimum atomic E-state index is -4.10. The number of hydrogen-bond donors (Lipinski definition) is 2. The summed E-state index contributed by atoms with van der Waals surface area (Å²) in [6.07, 6.45) is 1.64. The summed E-state index contributed by atoms with van der Waals surface area (Å²) < 4.78 is 39.5. The molecule has 3 N–H and O–H groups in total. The molecule has 0 radical (unpaired) electrons. The topological polar surface area (TPSA) is 50.9 Å². The number of nitrogens with two attached hydrogens (primary N) is 1. The Labute approximate surface area is 130 Å². The van der Waals surface area contributed by atoms with Crippen LogP contribution in [0.2, 0.25) is 0 Å². The Bertz CT molecular complexity index is 467. The number of aromatic nitrogens is 1. The number of rotatable bonds is 4. The molecule has 21 heavy (non-hydrogen) atoms. The maximum Gasteiger partial charge on any atom is 0.391 e. The lowest BCUT2D eigenvalue weighted by Crippen LogP contribution is -2.45. The Kier molecular flexibility index (Phi) is 5.62. The molecule has 0 aliphatic heterocycles. The Balaban J connectivity index is 2.03. The third kappa shape index (κ3) is 4.66. The van der Waals surface area contributed by atoms with Gasteiger partial charge in [0.1, 0.15) is 0 Å². The molecule has 0 amide bonds. The van der Waals surface area contributed by atoms with Crippen molar-refractivity contribution in [1.82, 2.24) is 10.4 Å². The van der Waals surface area contributed by atoms with Crippen molar-refractivity contribution in [2.75, 3.05) is 0 Å². The molecule has 1 aliphatic carbocycles. The largest absolute Gasteiger partial charge is 0.391 e. The van der Waals surface area contributed by atoms with E-state index in [1.807, 2.05) is 6.07 Å². The molecule has 1 aliphatic rings. The first-order valence-corrected chi connectivity index (χ1v) is 7.81. The highest BCUT2D eigenvalue weighted by Crippen LogP contribution is 2.41. The van der Waals surface area contributed by atoms with E-state index >= 15 is 0 Å². The number of alkyl halides is 3. The molecule has 1 fully saturated rings. The van der Waals surface area contributed by atoms with Gasteiger partial charge in [0.25, 0.3) is 0 Å². The van der Waals surface area contributed by atoms with Crippen LogP contribution in [0.4, 0.5) is 13.2 Å². The van der Waals surface area contributed by atoms with E-state index in [4.69, 9.17) is 5.84 Å². The predicted molar refractivity (Wildman–Crippen MR) is 78.3 cm³/mol. The second-order valence-corrected chi connectivity index (χ2v) is 6.57. The number of nitrogens with one attached hydrogen (secondary N) is 1. The molecule has 1 aromatic rings. The lowest BCUT2D eigenvalue weighted by atomic mass is 9.76. The van der Waals surface area contributed by atoms with Crippen molar-refractivity contribution in [3.63, 3.8) is 0 Å². The standard InChI is InChI=1S/C14H19BrF3N3/c15-12-4-9(7-20-8-12)5-13(21-19)10-2-1-3-11(6-10)14(16,17)18/h4,7-8,10-11,13,21H,1-3,5-6,19H2. The second-order valence-electron chi connectivity index (χ2n) is 5.65. The number of pyridine rings is 1. The summed E-state index contributed by atoms with van der Waals surface area (Å²) in [5, 5.41) is 0. The Hall–Kier alpha value is -0.660. The maximum absolute atomic E-state index is 12.9. The lowest BCUT2D eigenvalue weighted by Gasteiger charge is -2.35. The zero-order valence-corrected chi connectivity index (χ0v) is 13.1. The van der Waals surface area contributed by atoms with Crippen LogP contribution in [-0.2, 0) is 6.42 Å². The van der Waals surface area contributed by atoms with Crippen LogP contribution in [0.15, 0.2) is 22.9 Å². The van der Waals surface area contributed by atoms with Crippen LogP contribution < -0.4 is 11.3 Å². The minimum absolute atomic E-state index is 0.0608. The van der Waals surface area contributed by atoms with E-state index in [-0.39, 0.29) is 24.8 Å². The molecule has 3 atom stereocenters. The van der Waals surface area contributed by atoms with Gasteiger partial charge < -0.3 is 0 Å². The van der Waals surface area contributed by atoms with Gasteiger partial charge in [0.05, 0.1) is 5.92 Å². The molecule has 118 valence electrons. The highest BCUT2D eigenvalue weighted by Gasteiger charge is 2.43. The number of halogens is 4. The number of hydrogen-bond acceptors (Lipinski definition) is 3. The smallest absolute Gasteiger partial charge is 0.271 e. The fourth-order valence-electron chi connectivity index (χ4n) is 3.07. The first-order chi connectivity index (χ1) is 9.90. The molecule has 0 saturated heterocycles. The molecule has 1 saturated carbocycles. The highest BCUT2D eigenvalue weighted by molar-refractivity contribution is 9.10. The average molecular weight is 366 g/mol. The van der Waals surface area contributed by atoms with Crippen LogP contribution in [0, 0.1) is 11.8 Å². The number of hydrazine groups is 1. The molecule has 3 nitrogen and oxygen atoms in total. The Morgan fingerprint density at radius 3 is 2.76 bits per heavy atom. The Morgan fingerprint density at radius 1 is 1.38 bits per heavy atom. The first kappa shape index (κ1) is 16.7. The van der Waals surface area contributed by atoms with E-state index in [9.17, 15) is 13.2 Å². The van der Waals surface area contributed by atoms with E-state index in [0.717, 1.165) is 16.5 Å². The molecule has 1 heterocycles. The average Bonchev–Trinajstić information content (AvgIpc) is 2.44. The summed E-state index contributed by atoms with van der Waals surface area (Å²) in [5.74, 6) is 4.32. The normalized spacial score (nSPS) is 24.8. The zero-order chi connectivity index (χ0) is 15.5. The van der Waals surface area contributed by atoms with Crippen molar-refractivity contribution in [3.05, 3.63) is 28.5 Å². The molecular weight excluding hydrogens is 347 g/mol. The SMILES string of the molecule is NNC(Cc1cncc(Br)c1)C1CCCC(C(F)(F)F)C1. The second kappa shape index (κ2) is 7.07. The van der Waals surface area contributed by atoms with Crippen molar-refractivity contribution in [3.8, 4) is 0 Å². The fraction of sp³-hybridized carbons (Fsp3) is 0.643. The van der Waals surface area contributed by atoms with Gasteiger partial charge in [-0.1, -0.05) is 6.42 Å². The summed E-state index contributed by atoms with van der Waals surface area (Å²) in [5.41, 5.74) is 3.66. The minimum Gasteiger partial charge on any atom is -0.271 e. The van der Waals surface area contributed by atoms with Gasteiger partial charge in [0.15, 0.2) is 0 Å². The summed E-state index contributed by atoms with van der Waals surface area (Å²) in [7, 11) is 0. The third-order valence-electron chi connectivity index (χ3n) is 4.18. The van der Waals surface area contributed by atoms with Crippen LogP contribution >= 0.6 is 15.9 Å². The van der Waals surface area contributed by atoms with E-state index in [1.165, 1.54) is 0 Å². The van der Waals surface area contributed by atoms with Crippen molar-refractivity contribution in [1.29, 1.82) is 0 Å². The summed E-state index contributed by atoms with van der Waals surface area (Å²) >= 11 is 3.34.